The van der Waals surface area contributed by atoms with Crippen molar-refractivity contribution in [2.75, 3.05) is 0 Å². The molecule has 3 heterocycles. The van der Waals surface area contributed by atoms with Crippen LogP contribution in [0.25, 0.3) is 27.0 Å². The third kappa shape index (κ3) is 0.994. The summed E-state index contributed by atoms with van der Waals surface area (Å²) >= 11 is 5.13. The van der Waals surface area contributed by atoms with Gasteiger partial charge in [-0.3, -0.25) is 4.40 Å². The Kier molecular flexibility index (Phi) is 1.57. The summed E-state index contributed by atoms with van der Waals surface area (Å²) in [5.41, 5.74) is 3.24. The molecule has 0 aliphatic carbocycles. The van der Waals surface area contributed by atoms with Gasteiger partial charge in [-0.25, -0.2) is 4.98 Å². The van der Waals surface area contributed by atoms with Crippen LogP contribution in [0, 0.1) is 0 Å². The Balaban J connectivity index is 2.31. The second-order valence-corrected chi connectivity index (χ2v) is 5.47. The lowest BCUT2D eigenvalue weighted by Gasteiger charge is -1.90. The molecule has 0 radical (unpaired) electrons. The lowest BCUT2D eigenvalue weighted by Crippen LogP contribution is -1.76. The van der Waals surface area contributed by atoms with E-state index in [0.29, 0.717) is 0 Å². The normalized spacial score (nSPS) is 12.1. The number of hydrogen-bond donors (Lipinski definition) is 1. The zero-order valence-electron chi connectivity index (χ0n) is 8.07. The van der Waals surface area contributed by atoms with Crippen LogP contribution in [0.4, 0.5) is 0 Å². The molecule has 1 aromatic carbocycles. The molecule has 5 heteroatoms. The number of halogens is 1. The summed E-state index contributed by atoms with van der Waals surface area (Å²) in [5.74, 6) is 0. The number of hydrogen-bond acceptors (Lipinski definition) is 2. The second kappa shape index (κ2) is 2.87. The Bertz CT molecular complexity index is 824. The summed E-state index contributed by atoms with van der Waals surface area (Å²) in [5, 5.41) is 3.22. The predicted octanol–water partition coefficient (Wildman–Crippen LogP) is 3.79. The maximum atomic E-state index is 4.63. The number of nitrogens with one attached hydrogen (secondary N) is 1. The molecule has 4 rings (SSSR count). The van der Waals surface area contributed by atoms with Crippen molar-refractivity contribution in [2.45, 2.75) is 0 Å². The topological polar surface area (TPSA) is 33.1 Å². The van der Waals surface area contributed by atoms with Crippen molar-refractivity contribution in [3.05, 3.63) is 34.2 Å². The lowest BCUT2D eigenvalue weighted by atomic mass is 10.2. The zero-order chi connectivity index (χ0) is 10.7. The number of aromatic nitrogens is 3. The van der Waals surface area contributed by atoms with E-state index >= 15 is 0 Å². The SMILES string of the molecule is Brc1ccc2c(c1)[nH]c1c2nc2sccn21. The summed E-state index contributed by atoms with van der Waals surface area (Å²) in [6.07, 6.45) is 2.04. The summed E-state index contributed by atoms with van der Waals surface area (Å²) in [6, 6.07) is 6.22. The summed E-state index contributed by atoms with van der Waals surface area (Å²) in [7, 11) is 0. The van der Waals surface area contributed by atoms with Crippen molar-refractivity contribution < 1.29 is 0 Å². The first-order chi connectivity index (χ1) is 7.83. The van der Waals surface area contributed by atoms with Crippen LogP contribution in [0.2, 0.25) is 0 Å². The Morgan fingerprint density at radius 2 is 2.31 bits per heavy atom. The summed E-state index contributed by atoms with van der Waals surface area (Å²) in [6.45, 7) is 0. The predicted molar refractivity (Wildman–Crippen MR) is 70.1 cm³/mol. The van der Waals surface area contributed by atoms with Gasteiger partial charge < -0.3 is 4.98 Å². The van der Waals surface area contributed by atoms with E-state index in [1.54, 1.807) is 11.3 Å². The molecule has 0 saturated heterocycles. The van der Waals surface area contributed by atoms with E-state index in [2.05, 4.69) is 42.4 Å². The maximum absolute atomic E-state index is 4.63. The number of rotatable bonds is 0. The van der Waals surface area contributed by atoms with Gasteiger partial charge in [-0.05, 0) is 18.2 Å². The highest BCUT2D eigenvalue weighted by Gasteiger charge is 2.11. The molecule has 0 aliphatic heterocycles. The number of benzene rings is 1. The molecule has 0 atom stereocenters. The van der Waals surface area contributed by atoms with E-state index < -0.39 is 0 Å². The molecule has 1 N–H and O–H groups in total. The van der Waals surface area contributed by atoms with Gasteiger partial charge in [0.1, 0.15) is 11.2 Å². The van der Waals surface area contributed by atoms with Gasteiger partial charge in [0.2, 0.25) is 0 Å². The fraction of sp³-hybridized carbons (Fsp3) is 0. The highest BCUT2D eigenvalue weighted by Crippen LogP contribution is 2.29. The molecule has 4 aromatic rings. The van der Waals surface area contributed by atoms with E-state index in [4.69, 9.17) is 0 Å². The lowest BCUT2D eigenvalue weighted by molar-refractivity contribution is 1.24. The van der Waals surface area contributed by atoms with Gasteiger partial charge in [0.15, 0.2) is 4.96 Å². The molecule has 0 aliphatic rings. The van der Waals surface area contributed by atoms with Gasteiger partial charge >= 0.3 is 0 Å². The minimum Gasteiger partial charge on any atom is -0.339 e. The largest absolute Gasteiger partial charge is 0.339 e. The van der Waals surface area contributed by atoms with Gasteiger partial charge in [0.05, 0.1) is 5.52 Å². The van der Waals surface area contributed by atoms with Crippen LogP contribution in [-0.2, 0) is 0 Å². The van der Waals surface area contributed by atoms with Crippen molar-refractivity contribution in [2.24, 2.45) is 0 Å². The number of aromatic amines is 1. The molecule has 0 fully saturated rings. The Labute approximate surface area is 103 Å². The van der Waals surface area contributed by atoms with E-state index in [-0.39, 0.29) is 0 Å². The number of imidazole rings is 1. The van der Waals surface area contributed by atoms with Crippen molar-refractivity contribution in [1.82, 2.24) is 14.4 Å². The first-order valence-corrected chi connectivity index (χ1v) is 6.53. The van der Waals surface area contributed by atoms with Crippen molar-refractivity contribution in [1.29, 1.82) is 0 Å². The molecule has 0 saturated carbocycles. The van der Waals surface area contributed by atoms with Gasteiger partial charge in [-0.15, -0.1) is 11.3 Å². The molecule has 16 heavy (non-hydrogen) atoms. The first kappa shape index (κ1) is 8.78. The minimum absolute atomic E-state index is 1.03. The van der Waals surface area contributed by atoms with Crippen LogP contribution >= 0.6 is 27.3 Å². The zero-order valence-corrected chi connectivity index (χ0v) is 10.5. The second-order valence-electron chi connectivity index (χ2n) is 3.68. The van der Waals surface area contributed by atoms with Crippen molar-refractivity contribution >= 4 is 54.3 Å². The fourth-order valence-corrected chi connectivity index (χ4v) is 3.12. The van der Waals surface area contributed by atoms with Crippen molar-refractivity contribution in [3.63, 3.8) is 0 Å². The van der Waals surface area contributed by atoms with Gasteiger partial charge in [-0.1, -0.05) is 15.9 Å². The van der Waals surface area contributed by atoms with E-state index in [0.717, 1.165) is 26.1 Å². The molecule has 0 unspecified atom stereocenters. The Morgan fingerprint density at radius 3 is 3.25 bits per heavy atom. The van der Waals surface area contributed by atoms with Gasteiger partial charge in [0, 0.05) is 21.4 Å². The molecule has 0 spiro atoms. The van der Waals surface area contributed by atoms with Crippen LogP contribution in [0.15, 0.2) is 34.2 Å². The first-order valence-electron chi connectivity index (χ1n) is 4.85. The molecule has 78 valence electrons. The highest BCUT2D eigenvalue weighted by atomic mass is 79.9. The number of H-pyrrole nitrogens is 1. The number of nitrogens with zero attached hydrogens (tertiary/aromatic N) is 2. The van der Waals surface area contributed by atoms with Crippen LogP contribution in [0.1, 0.15) is 0 Å². The average molecular weight is 292 g/mol. The smallest absolute Gasteiger partial charge is 0.195 e. The average Bonchev–Trinajstić information content (AvgIpc) is 2.87. The van der Waals surface area contributed by atoms with E-state index in [1.807, 2.05) is 17.6 Å². The standard InChI is InChI=1S/C11H6BrN3S/c12-6-1-2-7-8(5-6)13-10-9(7)14-11-15(10)3-4-16-11/h1-5,13H. The van der Waals surface area contributed by atoms with Crippen molar-refractivity contribution in [3.8, 4) is 0 Å². The molecular weight excluding hydrogens is 286 g/mol. The van der Waals surface area contributed by atoms with Crippen LogP contribution in [0.3, 0.4) is 0 Å². The monoisotopic (exact) mass is 291 g/mol. The van der Waals surface area contributed by atoms with Crippen LogP contribution < -0.4 is 0 Å². The molecular formula is C11H6BrN3S. The molecule has 0 amide bonds. The van der Waals surface area contributed by atoms with Gasteiger partial charge in [0.25, 0.3) is 0 Å². The van der Waals surface area contributed by atoms with E-state index in [1.165, 1.54) is 5.39 Å². The molecule has 3 nitrogen and oxygen atoms in total. The van der Waals surface area contributed by atoms with Crippen LogP contribution in [-0.4, -0.2) is 14.4 Å². The van der Waals surface area contributed by atoms with E-state index in [9.17, 15) is 0 Å². The number of thiazole rings is 1. The third-order valence-electron chi connectivity index (χ3n) is 2.75. The Hall–Kier alpha value is -1.33. The fourth-order valence-electron chi connectivity index (χ4n) is 2.05. The minimum atomic E-state index is 1.03. The molecule has 3 aromatic heterocycles. The quantitative estimate of drug-likeness (QED) is 0.525. The Morgan fingerprint density at radius 1 is 1.38 bits per heavy atom. The maximum Gasteiger partial charge on any atom is 0.195 e. The summed E-state index contributed by atoms with van der Waals surface area (Å²) < 4.78 is 3.17. The number of fused-ring (bicyclic) bond motifs is 5. The third-order valence-corrected chi connectivity index (χ3v) is 4.00. The highest BCUT2D eigenvalue weighted by molar-refractivity contribution is 9.10. The summed E-state index contributed by atoms with van der Waals surface area (Å²) in [4.78, 5) is 9.07. The van der Waals surface area contributed by atoms with Gasteiger partial charge in [-0.2, -0.15) is 0 Å². The van der Waals surface area contributed by atoms with Crippen LogP contribution in [0.5, 0.6) is 0 Å². The molecule has 0 bridgehead atoms.